The van der Waals surface area contributed by atoms with Crippen LogP contribution in [0.15, 0.2) is 54.6 Å². The van der Waals surface area contributed by atoms with Gasteiger partial charge in [-0.3, -0.25) is 0 Å². The molecule has 0 bridgehead atoms. The third kappa shape index (κ3) is 4.73. The Morgan fingerprint density at radius 2 is 1.53 bits per heavy atom. The van der Waals surface area contributed by atoms with E-state index in [9.17, 15) is 0 Å². The monoisotopic (exact) mass is 256 g/mol. The first-order chi connectivity index (χ1) is 9.38. The van der Waals surface area contributed by atoms with Crippen LogP contribution < -0.4 is 15.8 Å². The predicted molar refractivity (Wildman–Crippen MR) is 78.6 cm³/mol. The molecule has 0 heterocycles. The van der Waals surface area contributed by atoms with Crippen molar-refractivity contribution in [1.29, 1.82) is 0 Å². The maximum Gasteiger partial charge on any atom is 0.127 e. The van der Waals surface area contributed by atoms with Gasteiger partial charge in [0.25, 0.3) is 0 Å². The highest BCUT2D eigenvalue weighted by Gasteiger charge is 1.97. The van der Waals surface area contributed by atoms with Crippen LogP contribution in [0, 0.1) is 0 Å². The Balaban J connectivity index is 1.84. The van der Waals surface area contributed by atoms with Gasteiger partial charge in [0, 0.05) is 13.1 Å². The second-order valence-electron chi connectivity index (χ2n) is 4.35. The van der Waals surface area contributed by atoms with Crippen molar-refractivity contribution < 1.29 is 4.74 Å². The summed E-state index contributed by atoms with van der Waals surface area (Å²) in [7, 11) is 0. The summed E-state index contributed by atoms with van der Waals surface area (Å²) < 4.78 is 5.74. The molecule has 0 aromatic heterocycles. The van der Waals surface area contributed by atoms with E-state index in [2.05, 4.69) is 17.4 Å². The number of nitrogens with two attached hydrogens (primary N) is 1. The van der Waals surface area contributed by atoms with Crippen LogP contribution in [0.5, 0.6) is 11.5 Å². The third-order valence-corrected chi connectivity index (χ3v) is 2.81. The van der Waals surface area contributed by atoms with Crippen LogP contribution in [0.25, 0.3) is 0 Å². The normalized spacial score (nSPS) is 10.4. The molecule has 0 amide bonds. The zero-order valence-electron chi connectivity index (χ0n) is 11.0. The Morgan fingerprint density at radius 3 is 2.21 bits per heavy atom. The number of nitrogens with one attached hydrogen (secondary N) is 1. The number of benzene rings is 2. The molecule has 0 fully saturated rings. The van der Waals surface area contributed by atoms with Gasteiger partial charge in [0.15, 0.2) is 0 Å². The molecule has 3 N–H and O–H groups in total. The fraction of sp³-hybridized carbons (Fsp3) is 0.250. The molecule has 0 unspecified atom stereocenters. The number of hydrogen-bond donors (Lipinski definition) is 2. The second-order valence-corrected chi connectivity index (χ2v) is 4.35. The minimum Gasteiger partial charge on any atom is -0.457 e. The average Bonchev–Trinajstić information content (AvgIpc) is 2.46. The Morgan fingerprint density at radius 1 is 0.842 bits per heavy atom. The van der Waals surface area contributed by atoms with Gasteiger partial charge in [-0.25, -0.2) is 0 Å². The van der Waals surface area contributed by atoms with E-state index in [-0.39, 0.29) is 0 Å². The number of hydrogen-bond acceptors (Lipinski definition) is 3. The van der Waals surface area contributed by atoms with E-state index >= 15 is 0 Å². The quantitative estimate of drug-likeness (QED) is 0.748. The zero-order valence-corrected chi connectivity index (χ0v) is 11.0. The van der Waals surface area contributed by atoms with Crippen LogP contribution in [0.3, 0.4) is 0 Å². The topological polar surface area (TPSA) is 47.3 Å². The van der Waals surface area contributed by atoms with Crippen molar-refractivity contribution in [3.05, 3.63) is 60.2 Å². The van der Waals surface area contributed by atoms with Crippen LogP contribution in [0.4, 0.5) is 0 Å². The van der Waals surface area contributed by atoms with E-state index in [1.54, 1.807) is 0 Å². The standard InChI is InChI=1S/C16H20N2O/c17-11-13-18-12-10-14-6-8-16(9-7-14)19-15-4-2-1-3-5-15/h1-9,18H,10-13,17H2. The molecule has 0 saturated carbocycles. The van der Waals surface area contributed by atoms with Gasteiger partial charge in [0.05, 0.1) is 0 Å². The summed E-state index contributed by atoms with van der Waals surface area (Å²) in [6.45, 7) is 2.51. The Kier molecular flexibility index (Phi) is 5.41. The smallest absolute Gasteiger partial charge is 0.127 e. The average molecular weight is 256 g/mol. The highest BCUT2D eigenvalue weighted by molar-refractivity contribution is 5.33. The summed E-state index contributed by atoms with van der Waals surface area (Å²) in [6, 6.07) is 18.0. The SMILES string of the molecule is NCCNCCc1ccc(Oc2ccccc2)cc1. The van der Waals surface area contributed by atoms with Gasteiger partial charge in [-0.1, -0.05) is 30.3 Å². The van der Waals surface area contributed by atoms with E-state index in [1.807, 2.05) is 42.5 Å². The summed E-state index contributed by atoms with van der Waals surface area (Å²) in [5, 5.41) is 3.28. The Bertz CT molecular complexity index is 468. The van der Waals surface area contributed by atoms with Crippen molar-refractivity contribution in [3.8, 4) is 11.5 Å². The van der Waals surface area contributed by atoms with E-state index in [4.69, 9.17) is 10.5 Å². The maximum absolute atomic E-state index is 5.74. The molecule has 100 valence electrons. The molecule has 0 atom stereocenters. The zero-order chi connectivity index (χ0) is 13.3. The number of rotatable bonds is 7. The highest BCUT2D eigenvalue weighted by Crippen LogP contribution is 2.21. The van der Waals surface area contributed by atoms with Crippen molar-refractivity contribution >= 4 is 0 Å². The molecule has 3 nitrogen and oxygen atoms in total. The fourth-order valence-corrected chi connectivity index (χ4v) is 1.81. The van der Waals surface area contributed by atoms with Crippen molar-refractivity contribution in [1.82, 2.24) is 5.32 Å². The van der Waals surface area contributed by atoms with Crippen molar-refractivity contribution in [2.24, 2.45) is 5.73 Å². The van der Waals surface area contributed by atoms with Crippen LogP contribution in [-0.4, -0.2) is 19.6 Å². The summed E-state index contributed by atoms with van der Waals surface area (Å²) in [6.07, 6.45) is 1.01. The van der Waals surface area contributed by atoms with Crippen LogP contribution in [0.2, 0.25) is 0 Å². The number of ether oxygens (including phenoxy) is 1. The van der Waals surface area contributed by atoms with Gasteiger partial charge >= 0.3 is 0 Å². The Labute approximate surface area is 114 Å². The van der Waals surface area contributed by atoms with E-state index < -0.39 is 0 Å². The second kappa shape index (κ2) is 7.56. The molecule has 2 rings (SSSR count). The molecule has 0 radical (unpaired) electrons. The van der Waals surface area contributed by atoms with E-state index in [0.717, 1.165) is 31.0 Å². The minimum absolute atomic E-state index is 0.684. The van der Waals surface area contributed by atoms with Crippen molar-refractivity contribution in [2.75, 3.05) is 19.6 Å². The molecule has 2 aromatic rings. The first-order valence-electron chi connectivity index (χ1n) is 6.61. The van der Waals surface area contributed by atoms with Crippen molar-refractivity contribution in [2.45, 2.75) is 6.42 Å². The van der Waals surface area contributed by atoms with Gasteiger partial charge in [-0.05, 0) is 42.8 Å². The third-order valence-electron chi connectivity index (χ3n) is 2.81. The fourth-order valence-electron chi connectivity index (χ4n) is 1.81. The maximum atomic E-state index is 5.74. The summed E-state index contributed by atoms with van der Waals surface area (Å²) >= 11 is 0. The first-order valence-corrected chi connectivity index (χ1v) is 6.61. The Hall–Kier alpha value is -1.84. The molecule has 0 aliphatic carbocycles. The predicted octanol–water partition coefficient (Wildman–Crippen LogP) is 2.57. The van der Waals surface area contributed by atoms with Gasteiger partial charge in [0.1, 0.15) is 11.5 Å². The summed E-state index contributed by atoms with van der Waals surface area (Å²) in [4.78, 5) is 0. The summed E-state index contributed by atoms with van der Waals surface area (Å²) in [5.74, 6) is 1.73. The lowest BCUT2D eigenvalue weighted by molar-refractivity contribution is 0.482. The van der Waals surface area contributed by atoms with Crippen molar-refractivity contribution in [3.63, 3.8) is 0 Å². The van der Waals surface area contributed by atoms with E-state index in [1.165, 1.54) is 5.56 Å². The lowest BCUT2D eigenvalue weighted by Crippen LogP contribution is -2.24. The van der Waals surface area contributed by atoms with Crippen LogP contribution in [0.1, 0.15) is 5.56 Å². The van der Waals surface area contributed by atoms with Crippen LogP contribution >= 0.6 is 0 Å². The van der Waals surface area contributed by atoms with Gasteiger partial charge in [-0.15, -0.1) is 0 Å². The van der Waals surface area contributed by atoms with Crippen LogP contribution in [-0.2, 0) is 6.42 Å². The van der Waals surface area contributed by atoms with Gasteiger partial charge < -0.3 is 15.8 Å². The highest BCUT2D eigenvalue weighted by atomic mass is 16.5. The molecule has 0 spiro atoms. The largest absolute Gasteiger partial charge is 0.457 e. The molecule has 2 aromatic carbocycles. The lowest BCUT2D eigenvalue weighted by atomic mass is 10.1. The summed E-state index contributed by atoms with van der Waals surface area (Å²) in [5.41, 5.74) is 6.72. The molecule has 0 saturated heterocycles. The molecular weight excluding hydrogens is 236 g/mol. The van der Waals surface area contributed by atoms with E-state index in [0.29, 0.717) is 6.54 Å². The van der Waals surface area contributed by atoms with Gasteiger partial charge in [-0.2, -0.15) is 0 Å². The lowest BCUT2D eigenvalue weighted by Gasteiger charge is -2.07. The molecular formula is C16H20N2O. The molecule has 0 aliphatic heterocycles. The number of para-hydroxylation sites is 1. The minimum atomic E-state index is 0.684. The molecule has 0 aliphatic rings. The molecule has 3 heteroatoms. The first kappa shape index (κ1) is 13.6. The van der Waals surface area contributed by atoms with Gasteiger partial charge in [0.2, 0.25) is 0 Å². The molecule has 19 heavy (non-hydrogen) atoms.